The number of methoxy groups -OCH3 is 3. The summed E-state index contributed by atoms with van der Waals surface area (Å²) in [5, 5.41) is 4.19. The first-order valence-electron chi connectivity index (χ1n) is 8.36. The third-order valence-corrected chi connectivity index (χ3v) is 4.06. The lowest BCUT2D eigenvalue weighted by atomic mass is 10.1. The lowest BCUT2D eigenvalue weighted by Crippen LogP contribution is -2.07. The smallest absolute Gasteiger partial charge is 0.205 e. The highest BCUT2D eigenvalue weighted by Gasteiger charge is 2.19. The Labute approximate surface area is 152 Å². The zero-order chi connectivity index (χ0) is 18.4. The monoisotopic (exact) mass is 354 g/mol. The van der Waals surface area contributed by atoms with Gasteiger partial charge in [0.25, 0.3) is 0 Å². The average Bonchev–Trinajstić information content (AvgIpc) is 2.70. The number of hydrogen-bond acceptors (Lipinski definition) is 7. The van der Waals surface area contributed by atoms with Crippen LogP contribution < -0.4 is 19.5 Å². The number of ether oxygens (including phenoxy) is 3. The molecule has 26 heavy (non-hydrogen) atoms. The highest BCUT2D eigenvalue weighted by Crippen LogP contribution is 2.43. The minimum absolute atomic E-state index is 0.516. The number of aryl methyl sites for hydroxylation is 1. The second-order valence-electron chi connectivity index (χ2n) is 5.62. The van der Waals surface area contributed by atoms with E-state index < -0.39 is 0 Å². The van der Waals surface area contributed by atoms with Crippen molar-refractivity contribution in [1.29, 1.82) is 0 Å². The molecule has 1 aromatic carbocycles. The number of nitrogens with one attached hydrogen (secondary N) is 1. The molecule has 3 rings (SSSR count). The van der Waals surface area contributed by atoms with Crippen LogP contribution in [0.5, 0.6) is 17.2 Å². The van der Waals surface area contributed by atoms with Gasteiger partial charge in [-0.3, -0.25) is 4.98 Å². The van der Waals surface area contributed by atoms with Crippen LogP contribution in [0.25, 0.3) is 10.9 Å². The van der Waals surface area contributed by atoms with Gasteiger partial charge in [-0.25, -0.2) is 9.97 Å². The molecule has 0 fully saturated rings. The fourth-order valence-corrected chi connectivity index (χ4v) is 2.83. The van der Waals surface area contributed by atoms with E-state index in [9.17, 15) is 0 Å². The normalized spacial score (nSPS) is 10.6. The average molecular weight is 354 g/mol. The molecule has 0 aliphatic rings. The number of aromatic nitrogens is 3. The lowest BCUT2D eigenvalue weighted by molar-refractivity contribution is 0.327. The first kappa shape index (κ1) is 17.7. The predicted molar refractivity (Wildman–Crippen MR) is 100 cm³/mol. The second-order valence-corrected chi connectivity index (χ2v) is 5.62. The number of benzene rings is 1. The minimum atomic E-state index is 0.516. The summed E-state index contributed by atoms with van der Waals surface area (Å²) in [6.07, 6.45) is 5.16. The highest BCUT2D eigenvalue weighted by molar-refractivity contribution is 5.96. The van der Waals surface area contributed by atoms with Gasteiger partial charge in [0.1, 0.15) is 17.7 Å². The van der Waals surface area contributed by atoms with Crippen molar-refractivity contribution in [1.82, 2.24) is 15.0 Å². The number of rotatable bonds is 8. The minimum Gasteiger partial charge on any atom is -0.493 e. The van der Waals surface area contributed by atoms with Gasteiger partial charge in [0.2, 0.25) is 5.75 Å². The Kier molecular flexibility index (Phi) is 5.68. The van der Waals surface area contributed by atoms with Crippen LogP contribution in [0.2, 0.25) is 0 Å². The Morgan fingerprint density at radius 2 is 1.81 bits per heavy atom. The molecule has 2 aromatic heterocycles. The number of fused-ring (bicyclic) bond motifs is 1. The van der Waals surface area contributed by atoms with Crippen LogP contribution in [-0.4, -0.2) is 42.8 Å². The van der Waals surface area contributed by atoms with E-state index >= 15 is 0 Å². The fraction of sp³-hybridized carbons (Fsp3) is 0.316. The van der Waals surface area contributed by atoms with Gasteiger partial charge < -0.3 is 19.5 Å². The summed E-state index contributed by atoms with van der Waals surface area (Å²) in [7, 11) is 4.75. The van der Waals surface area contributed by atoms with Gasteiger partial charge in [-0.05, 0) is 31.0 Å². The van der Waals surface area contributed by atoms with Crippen LogP contribution in [0.15, 0.2) is 36.8 Å². The van der Waals surface area contributed by atoms with Crippen molar-refractivity contribution in [2.45, 2.75) is 12.8 Å². The van der Waals surface area contributed by atoms with Crippen molar-refractivity contribution in [3.63, 3.8) is 0 Å². The predicted octanol–water partition coefficient (Wildman–Crippen LogP) is 3.10. The maximum absolute atomic E-state index is 5.50. The number of pyridine rings is 1. The maximum atomic E-state index is 5.50. The van der Waals surface area contributed by atoms with E-state index in [1.54, 1.807) is 21.3 Å². The molecule has 0 aliphatic heterocycles. The van der Waals surface area contributed by atoms with Crippen molar-refractivity contribution >= 4 is 16.7 Å². The summed E-state index contributed by atoms with van der Waals surface area (Å²) in [5.41, 5.74) is 1.75. The standard InChI is InChI=1S/C19H22N4O3/c1-24-15-11-14-16(18(26-3)17(15)25-2)22-12-23-19(14)21-10-6-8-13-7-4-5-9-20-13/h4-5,7,9,11-12H,6,8,10H2,1-3H3,(H,21,22,23). The summed E-state index contributed by atoms with van der Waals surface area (Å²) in [6, 6.07) is 7.81. The van der Waals surface area contributed by atoms with Crippen molar-refractivity contribution < 1.29 is 14.2 Å². The molecule has 0 saturated heterocycles. The van der Waals surface area contributed by atoms with Gasteiger partial charge in [0.15, 0.2) is 11.5 Å². The molecule has 3 aromatic rings. The van der Waals surface area contributed by atoms with E-state index in [1.807, 2.05) is 30.5 Å². The Hall–Kier alpha value is -3.09. The third kappa shape index (κ3) is 3.61. The largest absolute Gasteiger partial charge is 0.493 e. The molecular formula is C19H22N4O3. The molecule has 1 N–H and O–H groups in total. The molecule has 0 radical (unpaired) electrons. The Bertz CT molecular complexity index is 872. The van der Waals surface area contributed by atoms with Crippen molar-refractivity contribution in [2.75, 3.05) is 33.2 Å². The summed E-state index contributed by atoms with van der Waals surface area (Å²) >= 11 is 0. The van der Waals surface area contributed by atoms with Crippen LogP contribution in [0, 0.1) is 0 Å². The number of nitrogens with zero attached hydrogens (tertiary/aromatic N) is 3. The van der Waals surface area contributed by atoms with Gasteiger partial charge >= 0.3 is 0 Å². The van der Waals surface area contributed by atoms with E-state index in [0.717, 1.165) is 36.3 Å². The Morgan fingerprint density at radius 1 is 0.962 bits per heavy atom. The van der Waals surface area contributed by atoms with Gasteiger partial charge in [0.05, 0.1) is 26.7 Å². The SMILES string of the molecule is COc1cc2c(NCCCc3ccccn3)ncnc2c(OC)c1OC. The molecule has 2 heterocycles. The molecule has 0 amide bonds. The quantitative estimate of drug-likeness (QED) is 0.623. The molecule has 0 saturated carbocycles. The van der Waals surface area contributed by atoms with Crippen LogP contribution >= 0.6 is 0 Å². The van der Waals surface area contributed by atoms with Crippen molar-refractivity contribution in [3.8, 4) is 17.2 Å². The first-order valence-corrected chi connectivity index (χ1v) is 8.36. The second kappa shape index (κ2) is 8.33. The van der Waals surface area contributed by atoms with E-state index in [1.165, 1.54) is 6.33 Å². The first-order chi connectivity index (χ1) is 12.8. The van der Waals surface area contributed by atoms with Crippen molar-refractivity contribution in [3.05, 3.63) is 42.5 Å². The van der Waals surface area contributed by atoms with Crippen LogP contribution in [0.3, 0.4) is 0 Å². The Morgan fingerprint density at radius 3 is 2.50 bits per heavy atom. The fourth-order valence-electron chi connectivity index (χ4n) is 2.83. The lowest BCUT2D eigenvalue weighted by Gasteiger charge is -2.15. The molecule has 7 nitrogen and oxygen atoms in total. The molecule has 0 atom stereocenters. The van der Waals surface area contributed by atoms with E-state index in [-0.39, 0.29) is 0 Å². The number of hydrogen-bond donors (Lipinski definition) is 1. The van der Waals surface area contributed by atoms with E-state index in [2.05, 4.69) is 20.3 Å². The van der Waals surface area contributed by atoms with Gasteiger partial charge in [-0.1, -0.05) is 6.07 Å². The molecule has 0 spiro atoms. The topological polar surface area (TPSA) is 78.4 Å². The summed E-state index contributed by atoms with van der Waals surface area (Å²) in [4.78, 5) is 13.1. The summed E-state index contributed by atoms with van der Waals surface area (Å²) < 4.78 is 16.3. The summed E-state index contributed by atoms with van der Waals surface area (Å²) in [5.74, 6) is 2.35. The van der Waals surface area contributed by atoms with E-state index in [4.69, 9.17) is 14.2 Å². The maximum Gasteiger partial charge on any atom is 0.205 e. The third-order valence-electron chi connectivity index (χ3n) is 4.06. The molecular weight excluding hydrogens is 332 g/mol. The number of anilines is 1. The van der Waals surface area contributed by atoms with Crippen LogP contribution in [0.1, 0.15) is 12.1 Å². The zero-order valence-electron chi connectivity index (χ0n) is 15.2. The Balaban J connectivity index is 1.82. The molecule has 7 heteroatoms. The molecule has 0 unspecified atom stereocenters. The zero-order valence-corrected chi connectivity index (χ0v) is 15.2. The molecule has 136 valence electrons. The van der Waals surface area contributed by atoms with Crippen molar-refractivity contribution in [2.24, 2.45) is 0 Å². The molecule has 0 bridgehead atoms. The van der Waals surface area contributed by atoms with Gasteiger partial charge in [-0.15, -0.1) is 0 Å². The molecule has 0 aliphatic carbocycles. The van der Waals surface area contributed by atoms with Crippen LogP contribution in [-0.2, 0) is 6.42 Å². The van der Waals surface area contributed by atoms with Crippen LogP contribution in [0.4, 0.5) is 5.82 Å². The van der Waals surface area contributed by atoms with Gasteiger partial charge in [0, 0.05) is 18.4 Å². The highest BCUT2D eigenvalue weighted by atomic mass is 16.5. The van der Waals surface area contributed by atoms with E-state index in [0.29, 0.717) is 22.8 Å². The summed E-state index contributed by atoms with van der Waals surface area (Å²) in [6.45, 7) is 0.763. The van der Waals surface area contributed by atoms with Gasteiger partial charge in [-0.2, -0.15) is 0 Å².